The van der Waals surface area contributed by atoms with Crippen molar-refractivity contribution in [1.29, 1.82) is 0 Å². The fourth-order valence-electron chi connectivity index (χ4n) is 3.19. The van der Waals surface area contributed by atoms with Crippen LogP contribution in [0, 0.1) is 19.8 Å². The van der Waals surface area contributed by atoms with Crippen molar-refractivity contribution in [3.8, 4) is 0 Å². The van der Waals surface area contributed by atoms with Gasteiger partial charge in [0.05, 0.1) is 11.7 Å². The van der Waals surface area contributed by atoms with E-state index < -0.39 is 6.10 Å². The number of amides is 1. The molecule has 118 valence electrons. The van der Waals surface area contributed by atoms with Crippen molar-refractivity contribution in [2.45, 2.75) is 65.5 Å². The van der Waals surface area contributed by atoms with Crippen LogP contribution in [0.4, 0.5) is 0 Å². The molecule has 1 amide bonds. The summed E-state index contributed by atoms with van der Waals surface area (Å²) in [6.07, 6.45) is 3.83. The lowest BCUT2D eigenvalue weighted by Gasteiger charge is -2.20. The van der Waals surface area contributed by atoms with Crippen LogP contribution in [0.5, 0.6) is 0 Å². The van der Waals surface area contributed by atoms with E-state index in [2.05, 4.69) is 30.7 Å². The van der Waals surface area contributed by atoms with Crippen molar-refractivity contribution in [2.75, 3.05) is 6.54 Å². The molecule has 1 unspecified atom stereocenters. The molecular formula is C17H28N2O2. The van der Waals surface area contributed by atoms with Crippen LogP contribution >= 0.6 is 0 Å². The van der Waals surface area contributed by atoms with Crippen LogP contribution in [0.15, 0.2) is 6.07 Å². The summed E-state index contributed by atoms with van der Waals surface area (Å²) < 4.78 is 2.27. The Labute approximate surface area is 127 Å². The van der Waals surface area contributed by atoms with E-state index in [-0.39, 0.29) is 11.8 Å². The lowest BCUT2D eigenvalue weighted by Crippen LogP contribution is -2.36. The van der Waals surface area contributed by atoms with Gasteiger partial charge in [0.2, 0.25) is 0 Å². The van der Waals surface area contributed by atoms with Crippen LogP contribution in [0.2, 0.25) is 0 Å². The predicted octanol–water partition coefficient (Wildman–Crippen LogP) is 2.97. The third-order valence-corrected chi connectivity index (χ3v) is 4.71. The minimum Gasteiger partial charge on any atom is -0.391 e. The molecule has 0 saturated heterocycles. The van der Waals surface area contributed by atoms with E-state index in [4.69, 9.17) is 0 Å². The number of aliphatic hydroxyl groups excluding tert-OH is 1. The number of carbonyl (C=O) groups is 1. The van der Waals surface area contributed by atoms with Gasteiger partial charge >= 0.3 is 0 Å². The van der Waals surface area contributed by atoms with E-state index in [1.54, 1.807) is 0 Å². The van der Waals surface area contributed by atoms with Crippen molar-refractivity contribution in [3.05, 3.63) is 23.0 Å². The molecule has 4 nitrogen and oxygen atoms in total. The first-order chi connectivity index (χ1) is 9.99. The lowest BCUT2D eigenvalue weighted by molar-refractivity contribution is 0.0816. The molecular weight excluding hydrogens is 264 g/mol. The Kier molecular flexibility index (Phi) is 5.09. The van der Waals surface area contributed by atoms with Gasteiger partial charge in [0.15, 0.2) is 0 Å². The van der Waals surface area contributed by atoms with Gasteiger partial charge in [0.1, 0.15) is 0 Å². The molecule has 1 saturated carbocycles. The topological polar surface area (TPSA) is 54.3 Å². The number of hydrogen-bond acceptors (Lipinski definition) is 2. The van der Waals surface area contributed by atoms with E-state index in [1.807, 2.05) is 13.0 Å². The summed E-state index contributed by atoms with van der Waals surface area (Å²) in [4.78, 5) is 12.3. The average Bonchev–Trinajstić information content (AvgIpc) is 3.23. The molecule has 1 aliphatic rings. The Balaban J connectivity index is 1.99. The van der Waals surface area contributed by atoms with E-state index >= 15 is 0 Å². The van der Waals surface area contributed by atoms with Crippen molar-refractivity contribution in [3.63, 3.8) is 0 Å². The first-order valence-corrected chi connectivity index (χ1v) is 8.14. The van der Waals surface area contributed by atoms with Gasteiger partial charge in [-0.3, -0.25) is 4.79 Å². The van der Waals surface area contributed by atoms with Crippen molar-refractivity contribution in [2.24, 2.45) is 5.92 Å². The second-order valence-corrected chi connectivity index (χ2v) is 6.24. The van der Waals surface area contributed by atoms with Gasteiger partial charge < -0.3 is 15.0 Å². The molecule has 0 radical (unpaired) electrons. The quantitative estimate of drug-likeness (QED) is 0.812. The predicted molar refractivity (Wildman–Crippen MR) is 84.6 cm³/mol. The molecule has 0 aromatic carbocycles. The van der Waals surface area contributed by atoms with E-state index in [1.165, 1.54) is 12.8 Å². The first kappa shape index (κ1) is 16.1. The highest BCUT2D eigenvalue weighted by atomic mass is 16.3. The summed E-state index contributed by atoms with van der Waals surface area (Å²) in [6, 6.07) is 2.55. The summed E-state index contributed by atoms with van der Waals surface area (Å²) in [5.41, 5.74) is 2.95. The van der Waals surface area contributed by atoms with Crippen LogP contribution in [0.3, 0.4) is 0 Å². The highest BCUT2D eigenvalue weighted by Crippen LogP contribution is 2.38. The zero-order valence-corrected chi connectivity index (χ0v) is 13.6. The smallest absolute Gasteiger partial charge is 0.253 e. The molecule has 1 aromatic heterocycles. The highest BCUT2D eigenvalue weighted by molar-refractivity contribution is 5.95. The summed E-state index contributed by atoms with van der Waals surface area (Å²) in [5.74, 6) is 0.184. The number of hydrogen-bond donors (Lipinski definition) is 2. The largest absolute Gasteiger partial charge is 0.391 e. The summed E-state index contributed by atoms with van der Waals surface area (Å²) in [6.45, 7) is 8.54. The highest BCUT2D eigenvalue weighted by Gasteiger charge is 2.28. The van der Waals surface area contributed by atoms with Gasteiger partial charge in [0.25, 0.3) is 5.91 Å². The van der Waals surface area contributed by atoms with Gasteiger partial charge in [-0.15, -0.1) is 0 Å². The maximum Gasteiger partial charge on any atom is 0.253 e. The molecule has 1 heterocycles. The Morgan fingerprint density at radius 1 is 1.38 bits per heavy atom. The number of aromatic nitrogens is 1. The van der Waals surface area contributed by atoms with E-state index in [0.29, 0.717) is 12.6 Å². The second kappa shape index (κ2) is 6.65. The first-order valence-electron chi connectivity index (χ1n) is 8.14. The normalized spacial score (nSPS) is 16.3. The van der Waals surface area contributed by atoms with Crippen LogP contribution in [0.1, 0.15) is 67.3 Å². The van der Waals surface area contributed by atoms with E-state index in [9.17, 15) is 9.90 Å². The van der Waals surface area contributed by atoms with Crippen LogP contribution in [-0.2, 0) is 0 Å². The second-order valence-electron chi connectivity index (χ2n) is 6.24. The van der Waals surface area contributed by atoms with Crippen LogP contribution < -0.4 is 5.32 Å². The maximum atomic E-state index is 12.3. The zero-order chi connectivity index (χ0) is 15.6. The molecule has 0 bridgehead atoms. The Morgan fingerprint density at radius 3 is 2.52 bits per heavy atom. The van der Waals surface area contributed by atoms with Gasteiger partial charge in [0, 0.05) is 24.0 Å². The molecule has 1 aromatic rings. The molecule has 1 fully saturated rings. The van der Waals surface area contributed by atoms with Gasteiger partial charge in [-0.25, -0.2) is 0 Å². The average molecular weight is 292 g/mol. The zero-order valence-electron chi connectivity index (χ0n) is 13.6. The fourth-order valence-corrected chi connectivity index (χ4v) is 3.19. The van der Waals surface area contributed by atoms with E-state index in [0.717, 1.165) is 29.8 Å². The number of rotatable bonds is 7. The Hall–Kier alpha value is -1.29. The van der Waals surface area contributed by atoms with Crippen LogP contribution in [0.25, 0.3) is 0 Å². The summed E-state index contributed by atoms with van der Waals surface area (Å²) >= 11 is 0. The number of carbonyl (C=O) groups excluding carboxylic acids is 1. The van der Waals surface area contributed by atoms with Crippen molar-refractivity contribution < 1.29 is 9.90 Å². The number of nitrogens with one attached hydrogen (secondary N) is 1. The lowest BCUT2D eigenvalue weighted by atomic mass is 9.96. The van der Waals surface area contributed by atoms with Gasteiger partial charge in [-0.1, -0.05) is 26.7 Å². The molecule has 1 aliphatic carbocycles. The molecule has 4 heteroatoms. The van der Waals surface area contributed by atoms with Crippen LogP contribution in [-0.4, -0.2) is 28.2 Å². The third-order valence-electron chi connectivity index (χ3n) is 4.71. The Bertz CT molecular complexity index is 499. The number of aliphatic hydroxyl groups is 1. The van der Waals surface area contributed by atoms with Crippen molar-refractivity contribution in [1.82, 2.24) is 9.88 Å². The molecule has 2 rings (SSSR count). The molecule has 2 N–H and O–H groups in total. The standard InChI is InChI=1S/C17H28N2O2/c1-5-13(6-2)16(20)10-18-17(21)15-9-11(3)19(12(15)4)14-7-8-14/h9,13-14,16,20H,5-8,10H2,1-4H3,(H,18,21). The van der Waals surface area contributed by atoms with Crippen molar-refractivity contribution >= 4 is 5.91 Å². The monoisotopic (exact) mass is 292 g/mol. The molecule has 0 aliphatic heterocycles. The number of aryl methyl sites for hydroxylation is 1. The molecule has 0 spiro atoms. The number of nitrogens with zero attached hydrogens (tertiary/aromatic N) is 1. The van der Waals surface area contributed by atoms with Gasteiger partial charge in [-0.05, 0) is 38.7 Å². The summed E-state index contributed by atoms with van der Waals surface area (Å²) in [5, 5.41) is 13.0. The third kappa shape index (κ3) is 3.49. The minimum absolute atomic E-state index is 0.0694. The Morgan fingerprint density at radius 2 is 2.00 bits per heavy atom. The SMILES string of the molecule is CCC(CC)C(O)CNC(=O)c1cc(C)n(C2CC2)c1C. The molecule has 1 atom stereocenters. The fraction of sp³-hybridized carbons (Fsp3) is 0.706. The van der Waals surface area contributed by atoms with Gasteiger partial charge in [-0.2, -0.15) is 0 Å². The molecule has 21 heavy (non-hydrogen) atoms. The summed E-state index contributed by atoms with van der Waals surface area (Å²) in [7, 11) is 0. The minimum atomic E-state index is -0.462. The maximum absolute atomic E-state index is 12.3.